The standard InChI is InChI=1S/C14H16O5/c15-14(16)13-5-10-1-2-11(6-12(10)19-13)18-8-9-3-4-17-7-9/h1-2,6,9,13H,3-5,7-8H2,(H,15,16). The molecule has 19 heavy (non-hydrogen) atoms. The predicted molar refractivity (Wildman–Crippen MR) is 66.6 cm³/mol. The second-order valence-electron chi connectivity index (χ2n) is 4.96. The maximum absolute atomic E-state index is 10.9. The Morgan fingerprint density at radius 2 is 2.37 bits per heavy atom. The fourth-order valence-electron chi connectivity index (χ4n) is 2.36. The number of carbonyl (C=O) groups is 1. The summed E-state index contributed by atoms with van der Waals surface area (Å²) in [5.74, 6) is 0.854. The quantitative estimate of drug-likeness (QED) is 0.892. The van der Waals surface area contributed by atoms with Gasteiger partial charge in [-0.1, -0.05) is 6.07 Å². The van der Waals surface area contributed by atoms with Crippen molar-refractivity contribution in [1.82, 2.24) is 0 Å². The van der Waals surface area contributed by atoms with Crippen LogP contribution in [-0.4, -0.2) is 37.0 Å². The van der Waals surface area contributed by atoms with E-state index in [9.17, 15) is 4.79 Å². The SMILES string of the molecule is O=C(O)C1Cc2ccc(OCC3CCOC3)cc2O1. The van der Waals surface area contributed by atoms with E-state index in [0.29, 0.717) is 24.7 Å². The van der Waals surface area contributed by atoms with Gasteiger partial charge in [-0.2, -0.15) is 0 Å². The normalized spacial score (nSPS) is 24.8. The highest BCUT2D eigenvalue weighted by atomic mass is 16.5. The van der Waals surface area contributed by atoms with Gasteiger partial charge < -0.3 is 19.3 Å². The number of ether oxygens (including phenoxy) is 3. The molecular formula is C14H16O5. The molecular weight excluding hydrogens is 248 g/mol. The fourth-order valence-corrected chi connectivity index (χ4v) is 2.36. The van der Waals surface area contributed by atoms with Crippen molar-refractivity contribution in [3.63, 3.8) is 0 Å². The van der Waals surface area contributed by atoms with E-state index in [1.807, 2.05) is 12.1 Å². The van der Waals surface area contributed by atoms with Crippen molar-refractivity contribution in [3.8, 4) is 11.5 Å². The molecule has 1 aromatic carbocycles. The van der Waals surface area contributed by atoms with Crippen LogP contribution in [0.3, 0.4) is 0 Å². The smallest absolute Gasteiger partial charge is 0.345 e. The van der Waals surface area contributed by atoms with E-state index in [4.69, 9.17) is 19.3 Å². The fraction of sp³-hybridized carbons (Fsp3) is 0.500. The number of carboxylic acids is 1. The van der Waals surface area contributed by atoms with Gasteiger partial charge >= 0.3 is 5.97 Å². The van der Waals surface area contributed by atoms with Gasteiger partial charge in [0.05, 0.1) is 13.2 Å². The molecule has 3 rings (SSSR count). The summed E-state index contributed by atoms with van der Waals surface area (Å²) in [5, 5.41) is 8.93. The molecule has 0 radical (unpaired) electrons. The van der Waals surface area contributed by atoms with Crippen LogP contribution in [0.15, 0.2) is 18.2 Å². The van der Waals surface area contributed by atoms with Crippen LogP contribution in [0.4, 0.5) is 0 Å². The van der Waals surface area contributed by atoms with Crippen molar-refractivity contribution in [2.75, 3.05) is 19.8 Å². The van der Waals surface area contributed by atoms with Gasteiger partial charge in [0, 0.05) is 25.0 Å². The Morgan fingerprint density at radius 1 is 1.47 bits per heavy atom. The number of carboxylic acid groups (broad SMARTS) is 1. The molecule has 2 atom stereocenters. The Labute approximate surface area is 111 Å². The molecule has 0 saturated carbocycles. The maximum Gasteiger partial charge on any atom is 0.345 e. The highest BCUT2D eigenvalue weighted by Crippen LogP contribution is 2.32. The molecule has 0 bridgehead atoms. The minimum Gasteiger partial charge on any atom is -0.493 e. The van der Waals surface area contributed by atoms with Crippen molar-refractivity contribution >= 4 is 5.97 Å². The summed E-state index contributed by atoms with van der Waals surface area (Å²) >= 11 is 0. The lowest BCUT2D eigenvalue weighted by molar-refractivity contribution is -0.144. The van der Waals surface area contributed by atoms with E-state index in [-0.39, 0.29) is 0 Å². The van der Waals surface area contributed by atoms with Crippen LogP contribution in [0.25, 0.3) is 0 Å². The summed E-state index contributed by atoms with van der Waals surface area (Å²) in [6, 6.07) is 5.51. The molecule has 2 heterocycles. The monoisotopic (exact) mass is 264 g/mol. The first-order valence-corrected chi connectivity index (χ1v) is 6.45. The van der Waals surface area contributed by atoms with Crippen molar-refractivity contribution in [2.24, 2.45) is 5.92 Å². The highest BCUT2D eigenvalue weighted by molar-refractivity contribution is 5.74. The predicted octanol–water partition coefficient (Wildman–Crippen LogP) is 1.49. The molecule has 0 aliphatic carbocycles. The molecule has 0 spiro atoms. The van der Waals surface area contributed by atoms with E-state index in [1.54, 1.807) is 6.07 Å². The Kier molecular flexibility index (Phi) is 3.29. The largest absolute Gasteiger partial charge is 0.493 e. The third-order valence-corrected chi connectivity index (χ3v) is 3.50. The van der Waals surface area contributed by atoms with Crippen LogP contribution in [-0.2, 0) is 16.0 Å². The van der Waals surface area contributed by atoms with Crippen molar-refractivity contribution < 1.29 is 24.1 Å². The van der Waals surface area contributed by atoms with Crippen LogP contribution < -0.4 is 9.47 Å². The van der Waals surface area contributed by atoms with Crippen LogP contribution in [0.1, 0.15) is 12.0 Å². The third-order valence-electron chi connectivity index (χ3n) is 3.50. The van der Waals surface area contributed by atoms with Gasteiger partial charge in [-0.15, -0.1) is 0 Å². The average Bonchev–Trinajstić information content (AvgIpc) is 3.04. The first-order chi connectivity index (χ1) is 9.22. The minimum absolute atomic E-state index is 0.418. The second kappa shape index (κ2) is 5.09. The van der Waals surface area contributed by atoms with Crippen molar-refractivity contribution in [1.29, 1.82) is 0 Å². The summed E-state index contributed by atoms with van der Waals surface area (Å²) in [5.41, 5.74) is 0.920. The van der Waals surface area contributed by atoms with Crippen LogP contribution >= 0.6 is 0 Å². The second-order valence-corrected chi connectivity index (χ2v) is 4.96. The summed E-state index contributed by atoms with van der Waals surface area (Å²) in [6.45, 7) is 2.19. The van der Waals surface area contributed by atoms with E-state index < -0.39 is 12.1 Å². The van der Waals surface area contributed by atoms with Gasteiger partial charge in [0.1, 0.15) is 11.5 Å². The summed E-state index contributed by atoms with van der Waals surface area (Å²) in [7, 11) is 0. The van der Waals surface area contributed by atoms with Gasteiger partial charge in [-0.3, -0.25) is 0 Å². The third kappa shape index (κ3) is 2.66. The molecule has 102 valence electrons. The number of aliphatic carboxylic acids is 1. The van der Waals surface area contributed by atoms with Gasteiger partial charge in [0.25, 0.3) is 0 Å². The number of hydrogen-bond acceptors (Lipinski definition) is 4. The van der Waals surface area contributed by atoms with Crippen LogP contribution in [0.2, 0.25) is 0 Å². The lowest BCUT2D eigenvalue weighted by Crippen LogP contribution is -2.24. The summed E-state index contributed by atoms with van der Waals surface area (Å²) < 4.78 is 16.4. The van der Waals surface area contributed by atoms with Crippen LogP contribution in [0, 0.1) is 5.92 Å². The molecule has 5 heteroatoms. The molecule has 1 aromatic rings. The molecule has 1 fully saturated rings. The average molecular weight is 264 g/mol. The number of fused-ring (bicyclic) bond motifs is 1. The molecule has 1 saturated heterocycles. The van der Waals surface area contributed by atoms with E-state index in [1.165, 1.54) is 0 Å². The molecule has 2 unspecified atom stereocenters. The lowest BCUT2D eigenvalue weighted by atomic mass is 10.1. The topological polar surface area (TPSA) is 65.0 Å². The first kappa shape index (κ1) is 12.3. The zero-order chi connectivity index (χ0) is 13.2. The number of benzene rings is 1. The van der Waals surface area contributed by atoms with Gasteiger partial charge in [-0.25, -0.2) is 4.79 Å². The minimum atomic E-state index is -0.929. The Hall–Kier alpha value is -1.75. The van der Waals surface area contributed by atoms with E-state index in [2.05, 4.69) is 0 Å². The molecule has 2 aliphatic heterocycles. The maximum atomic E-state index is 10.9. The highest BCUT2D eigenvalue weighted by Gasteiger charge is 2.29. The zero-order valence-corrected chi connectivity index (χ0v) is 10.5. The van der Waals surface area contributed by atoms with E-state index in [0.717, 1.165) is 30.9 Å². The molecule has 5 nitrogen and oxygen atoms in total. The van der Waals surface area contributed by atoms with E-state index >= 15 is 0 Å². The molecule has 0 aromatic heterocycles. The van der Waals surface area contributed by atoms with Crippen molar-refractivity contribution in [3.05, 3.63) is 23.8 Å². The molecule has 1 N–H and O–H groups in total. The molecule has 2 aliphatic rings. The number of hydrogen-bond donors (Lipinski definition) is 1. The lowest BCUT2D eigenvalue weighted by Gasteiger charge is -2.11. The first-order valence-electron chi connectivity index (χ1n) is 6.45. The Morgan fingerprint density at radius 3 is 3.11 bits per heavy atom. The Balaban J connectivity index is 1.62. The molecule has 0 amide bonds. The number of rotatable bonds is 4. The van der Waals surface area contributed by atoms with Gasteiger partial charge in [0.15, 0.2) is 6.10 Å². The van der Waals surface area contributed by atoms with Gasteiger partial charge in [0.2, 0.25) is 0 Å². The van der Waals surface area contributed by atoms with Gasteiger partial charge in [-0.05, 0) is 18.1 Å². The van der Waals surface area contributed by atoms with Crippen molar-refractivity contribution in [2.45, 2.75) is 18.9 Å². The zero-order valence-electron chi connectivity index (χ0n) is 10.5. The summed E-state index contributed by atoms with van der Waals surface area (Å²) in [6.07, 6.45) is 0.678. The van der Waals surface area contributed by atoms with Crippen LogP contribution in [0.5, 0.6) is 11.5 Å². The summed E-state index contributed by atoms with van der Waals surface area (Å²) in [4.78, 5) is 10.9. The Bertz CT molecular complexity index is 479.